The number of hydrogen-bond acceptors (Lipinski definition) is 7. The Labute approximate surface area is 91.9 Å². The topological polar surface area (TPSA) is 102 Å². The summed E-state index contributed by atoms with van der Waals surface area (Å²) in [7, 11) is 0. The minimum absolute atomic E-state index is 0.452. The summed E-state index contributed by atoms with van der Waals surface area (Å²) in [6.45, 7) is 1.88. The van der Waals surface area contributed by atoms with E-state index < -0.39 is 43.1 Å². The second-order valence-electron chi connectivity index (χ2n) is 3.40. The molecule has 1 aliphatic rings. The van der Waals surface area contributed by atoms with Gasteiger partial charge in [-0.2, -0.15) is 0 Å². The van der Waals surface area contributed by atoms with E-state index in [1.165, 1.54) is 6.92 Å². The Morgan fingerprint density at radius 2 is 1.69 bits per heavy atom. The minimum Gasteiger partial charge on any atom is -0.455 e. The molecule has 1 rings (SSSR count). The summed E-state index contributed by atoms with van der Waals surface area (Å²) in [4.78, 5) is 21.6. The molecule has 7 nitrogen and oxygen atoms in total. The Morgan fingerprint density at radius 1 is 1.19 bits per heavy atom. The van der Waals surface area contributed by atoms with Gasteiger partial charge in [0.1, 0.15) is 6.10 Å². The van der Waals surface area contributed by atoms with Gasteiger partial charge in [0, 0.05) is 13.8 Å². The van der Waals surface area contributed by atoms with Gasteiger partial charge in [0.15, 0.2) is 18.5 Å². The monoisotopic (exact) mass is 234 g/mol. The van der Waals surface area contributed by atoms with Gasteiger partial charge < -0.3 is 24.4 Å². The molecule has 0 radical (unpaired) electrons. The molecular formula is C9H14O7. The Hall–Kier alpha value is -1.18. The molecule has 0 bridgehead atoms. The van der Waals surface area contributed by atoms with Crippen LogP contribution in [0.25, 0.3) is 0 Å². The molecule has 4 atom stereocenters. The van der Waals surface area contributed by atoms with Gasteiger partial charge in [0.05, 0.1) is 6.61 Å². The van der Waals surface area contributed by atoms with E-state index in [9.17, 15) is 14.7 Å². The number of rotatable bonds is 3. The van der Waals surface area contributed by atoms with Crippen LogP contribution < -0.4 is 0 Å². The summed E-state index contributed by atoms with van der Waals surface area (Å²) in [6, 6.07) is 0. The van der Waals surface area contributed by atoms with Crippen LogP contribution in [-0.4, -0.2) is 53.4 Å². The molecule has 0 saturated carbocycles. The van der Waals surface area contributed by atoms with Crippen molar-refractivity contribution in [1.82, 2.24) is 0 Å². The highest BCUT2D eigenvalue weighted by Gasteiger charge is 2.48. The van der Waals surface area contributed by atoms with Gasteiger partial charge in [-0.1, -0.05) is 0 Å². The second-order valence-corrected chi connectivity index (χ2v) is 3.40. The summed E-state index contributed by atoms with van der Waals surface area (Å²) in [6.07, 6.45) is -4.42. The zero-order valence-electron chi connectivity index (χ0n) is 8.95. The molecule has 1 unspecified atom stereocenters. The van der Waals surface area contributed by atoms with Crippen molar-refractivity contribution in [3.05, 3.63) is 0 Å². The van der Waals surface area contributed by atoms with Gasteiger partial charge in [0.2, 0.25) is 0 Å². The van der Waals surface area contributed by atoms with E-state index in [1.807, 2.05) is 0 Å². The maximum atomic E-state index is 10.8. The van der Waals surface area contributed by atoms with Crippen LogP contribution in [0.4, 0.5) is 0 Å². The quantitative estimate of drug-likeness (QED) is 0.576. The predicted molar refractivity (Wildman–Crippen MR) is 49.1 cm³/mol. The summed E-state index contributed by atoms with van der Waals surface area (Å²) in [5.74, 6) is -1.25. The van der Waals surface area contributed by atoms with Crippen molar-refractivity contribution in [2.45, 2.75) is 38.4 Å². The molecule has 1 heterocycles. The van der Waals surface area contributed by atoms with E-state index in [1.54, 1.807) is 0 Å². The first-order valence-corrected chi connectivity index (χ1v) is 4.74. The van der Waals surface area contributed by atoms with Crippen LogP contribution in [0.15, 0.2) is 0 Å². The summed E-state index contributed by atoms with van der Waals surface area (Å²) in [5.41, 5.74) is 0. The van der Waals surface area contributed by atoms with Gasteiger partial charge in [-0.25, -0.2) is 0 Å². The van der Waals surface area contributed by atoms with E-state index >= 15 is 0 Å². The van der Waals surface area contributed by atoms with E-state index in [0.29, 0.717) is 0 Å². The van der Waals surface area contributed by atoms with E-state index in [2.05, 4.69) is 0 Å². The lowest BCUT2D eigenvalue weighted by Crippen LogP contribution is -2.40. The molecule has 0 aliphatic carbocycles. The molecule has 0 aromatic heterocycles. The zero-order valence-corrected chi connectivity index (χ0v) is 8.95. The van der Waals surface area contributed by atoms with Crippen molar-refractivity contribution in [3.8, 4) is 0 Å². The van der Waals surface area contributed by atoms with E-state index in [-0.39, 0.29) is 0 Å². The molecule has 1 fully saturated rings. The van der Waals surface area contributed by atoms with Crippen molar-refractivity contribution >= 4 is 11.9 Å². The molecule has 1 aliphatic heterocycles. The molecule has 0 spiro atoms. The highest BCUT2D eigenvalue weighted by atomic mass is 16.7. The number of carbonyl (C=O) groups is 2. The smallest absolute Gasteiger partial charge is 0.303 e. The number of carbonyl (C=O) groups excluding carboxylic acids is 2. The maximum Gasteiger partial charge on any atom is 0.303 e. The first-order valence-electron chi connectivity index (χ1n) is 4.74. The maximum absolute atomic E-state index is 10.8. The fraction of sp³-hybridized carbons (Fsp3) is 0.778. The van der Waals surface area contributed by atoms with E-state index in [4.69, 9.17) is 19.3 Å². The number of hydrogen-bond donors (Lipinski definition) is 2. The lowest BCUT2D eigenvalue weighted by molar-refractivity contribution is -0.174. The van der Waals surface area contributed by atoms with Crippen molar-refractivity contribution in [3.63, 3.8) is 0 Å². The molecule has 1 saturated heterocycles. The molecule has 0 aromatic rings. The van der Waals surface area contributed by atoms with Gasteiger partial charge >= 0.3 is 11.9 Å². The van der Waals surface area contributed by atoms with Crippen LogP contribution in [0.5, 0.6) is 0 Å². The Kier molecular flexibility index (Phi) is 4.22. The first-order chi connectivity index (χ1) is 7.45. The van der Waals surface area contributed by atoms with Crippen molar-refractivity contribution in [1.29, 1.82) is 0 Å². The standard InChI is InChI=1S/C9H14O7/c1-4(11)14-7-6(3-10)16-9(13)8(7)15-5(2)12/h6-10,13H,3H2,1-2H3/t6-,7?,8+,9-/m1/s1. The fourth-order valence-electron chi connectivity index (χ4n) is 1.51. The summed E-state index contributed by atoms with van der Waals surface area (Å²) >= 11 is 0. The average molecular weight is 234 g/mol. The first kappa shape index (κ1) is 12.9. The molecule has 16 heavy (non-hydrogen) atoms. The lowest BCUT2D eigenvalue weighted by Gasteiger charge is -2.21. The van der Waals surface area contributed by atoms with Crippen molar-refractivity contribution < 1.29 is 34.0 Å². The zero-order chi connectivity index (χ0) is 12.3. The molecule has 0 amide bonds. The van der Waals surface area contributed by atoms with Crippen LogP contribution in [0.2, 0.25) is 0 Å². The highest BCUT2D eigenvalue weighted by Crippen LogP contribution is 2.25. The number of ether oxygens (including phenoxy) is 3. The van der Waals surface area contributed by atoms with Gasteiger partial charge in [-0.05, 0) is 0 Å². The third-order valence-electron chi connectivity index (χ3n) is 2.07. The minimum atomic E-state index is -1.41. The van der Waals surface area contributed by atoms with Crippen LogP contribution in [0, 0.1) is 0 Å². The Balaban J connectivity index is 2.76. The van der Waals surface area contributed by atoms with Crippen LogP contribution in [0.1, 0.15) is 13.8 Å². The third kappa shape index (κ3) is 2.91. The fourth-order valence-corrected chi connectivity index (χ4v) is 1.51. The van der Waals surface area contributed by atoms with Crippen molar-refractivity contribution in [2.75, 3.05) is 6.61 Å². The highest BCUT2D eigenvalue weighted by molar-refractivity contribution is 5.67. The molecule has 92 valence electrons. The predicted octanol–water partition coefficient (Wildman–Crippen LogP) is -1.44. The van der Waals surface area contributed by atoms with Crippen LogP contribution >= 0.6 is 0 Å². The Morgan fingerprint density at radius 3 is 2.12 bits per heavy atom. The van der Waals surface area contributed by atoms with Crippen molar-refractivity contribution in [2.24, 2.45) is 0 Å². The Bertz CT molecular complexity index is 277. The number of esters is 2. The number of aliphatic hydroxyl groups excluding tert-OH is 2. The summed E-state index contributed by atoms with van der Waals surface area (Å²) < 4.78 is 14.5. The number of aliphatic hydroxyl groups is 2. The second kappa shape index (κ2) is 5.24. The SMILES string of the molecule is CC(=O)OC1[C@@H](CO)O[C@@H](O)[C@H]1OC(C)=O. The summed E-state index contributed by atoms with van der Waals surface area (Å²) in [5, 5.41) is 18.4. The van der Waals surface area contributed by atoms with Crippen LogP contribution in [-0.2, 0) is 23.8 Å². The lowest BCUT2D eigenvalue weighted by atomic mass is 10.1. The molecule has 0 aromatic carbocycles. The average Bonchev–Trinajstić information content (AvgIpc) is 2.44. The normalized spacial score (nSPS) is 33.5. The molecule has 2 N–H and O–H groups in total. The van der Waals surface area contributed by atoms with E-state index in [0.717, 1.165) is 6.92 Å². The van der Waals surface area contributed by atoms with Crippen LogP contribution in [0.3, 0.4) is 0 Å². The largest absolute Gasteiger partial charge is 0.455 e. The van der Waals surface area contributed by atoms with Gasteiger partial charge in [0.25, 0.3) is 0 Å². The third-order valence-corrected chi connectivity index (χ3v) is 2.07. The van der Waals surface area contributed by atoms with Gasteiger partial charge in [-0.3, -0.25) is 9.59 Å². The molecular weight excluding hydrogens is 220 g/mol. The molecule has 7 heteroatoms. The van der Waals surface area contributed by atoms with Gasteiger partial charge in [-0.15, -0.1) is 0 Å².